The highest BCUT2D eigenvalue weighted by molar-refractivity contribution is 8.01. The van der Waals surface area contributed by atoms with Crippen molar-refractivity contribution in [2.75, 3.05) is 5.75 Å². The van der Waals surface area contributed by atoms with Gasteiger partial charge in [0, 0.05) is 12.2 Å². The predicted molar refractivity (Wildman–Crippen MR) is 83.0 cm³/mol. The summed E-state index contributed by atoms with van der Waals surface area (Å²) in [5, 5.41) is 11.7. The third kappa shape index (κ3) is 2.71. The zero-order valence-electron chi connectivity index (χ0n) is 12.9. The van der Waals surface area contributed by atoms with E-state index in [-0.39, 0.29) is 28.8 Å². The van der Waals surface area contributed by atoms with Gasteiger partial charge in [-0.15, -0.1) is 11.8 Å². The Balaban J connectivity index is 1.65. The minimum Gasteiger partial charge on any atom is -0.478 e. The number of carbonyl (C=O) groups is 3. The van der Waals surface area contributed by atoms with Crippen LogP contribution >= 0.6 is 11.8 Å². The van der Waals surface area contributed by atoms with E-state index in [0.29, 0.717) is 23.7 Å². The minimum atomic E-state index is -1.06. The van der Waals surface area contributed by atoms with Crippen LogP contribution in [0.2, 0.25) is 0 Å². The lowest BCUT2D eigenvalue weighted by molar-refractivity contribution is -0.138. The van der Waals surface area contributed by atoms with Gasteiger partial charge < -0.3 is 19.7 Å². The van der Waals surface area contributed by atoms with Gasteiger partial charge in [-0.3, -0.25) is 9.59 Å². The van der Waals surface area contributed by atoms with Crippen LogP contribution in [0.15, 0.2) is 10.5 Å². The molecule has 3 rings (SSSR count). The maximum atomic E-state index is 12.4. The molecule has 3 heterocycles. The molecular weight excluding hydrogens is 320 g/mol. The zero-order valence-corrected chi connectivity index (χ0v) is 13.7. The summed E-state index contributed by atoms with van der Waals surface area (Å²) in [6.45, 7) is 3.66. The van der Waals surface area contributed by atoms with Crippen molar-refractivity contribution in [2.24, 2.45) is 0 Å². The first-order valence-electron chi connectivity index (χ1n) is 7.38. The van der Waals surface area contributed by atoms with E-state index in [9.17, 15) is 14.4 Å². The fraction of sp³-hybridized carbons (Fsp3) is 0.533. The summed E-state index contributed by atoms with van der Waals surface area (Å²) in [6, 6.07) is 0.932. The van der Waals surface area contributed by atoms with Crippen LogP contribution in [0, 0.1) is 6.92 Å². The number of aromatic carboxylic acids is 1. The smallest absolute Gasteiger partial charge is 0.339 e. The fourth-order valence-electron chi connectivity index (χ4n) is 3.15. The molecule has 0 aromatic carbocycles. The van der Waals surface area contributed by atoms with Gasteiger partial charge >= 0.3 is 5.97 Å². The highest BCUT2D eigenvalue weighted by atomic mass is 32.2. The lowest BCUT2D eigenvalue weighted by Crippen LogP contribution is -2.49. The quantitative estimate of drug-likeness (QED) is 0.860. The van der Waals surface area contributed by atoms with Gasteiger partial charge in [-0.25, -0.2) is 4.79 Å². The summed E-state index contributed by atoms with van der Waals surface area (Å²) in [5.74, 6) is -0.0163. The van der Waals surface area contributed by atoms with E-state index in [1.807, 2.05) is 6.92 Å². The number of hydrogen-bond donors (Lipinski definition) is 2. The van der Waals surface area contributed by atoms with Crippen LogP contribution < -0.4 is 5.32 Å². The number of rotatable bonds is 4. The molecule has 0 radical (unpaired) electrons. The van der Waals surface area contributed by atoms with Crippen LogP contribution in [-0.4, -0.2) is 44.5 Å². The van der Waals surface area contributed by atoms with Gasteiger partial charge in [0.05, 0.1) is 11.4 Å². The highest BCUT2D eigenvalue weighted by Crippen LogP contribution is 2.47. The second kappa shape index (κ2) is 5.59. The lowest BCUT2D eigenvalue weighted by atomic mass is 10.2. The molecule has 7 nitrogen and oxygen atoms in total. The predicted octanol–water partition coefficient (Wildman–Crippen LogP) is 1.36. The van der Waals surface area contributed by atoms with Gasteiger partial charge in [0.25, 0.3) is 0 Å². The number of carboxylic acids is 1. The molecule has 8 heteroatoms. The first kappa shape index (κ1) is 15.9. The van der Waals surface area contributed by atoms with Crippen LogP contribution in [0.4, 0.5) is 0 Å². The van der Waals surface area contributed by atoms with Crippen molar-refractivity contribution in [3.63, 3.8) is 0 Å². The standard InChI is InChI=1S/C15H18N2O5S/c1-8-10(14(20)21)5-9(22-8)6-16-13(19)11-7-23-15(2)4-3-12(18)17(11)15/h5,11H,3-4,6-7H2,1-2H3,(H,16,19)(H,20,21)/t11-,15+/m0/s1. The summed E-state index contributed by atoms with van der Waals surface area (Å²) in [4.78, 5) is 36.8. The number of carbonyl (C=O) groups excluding carboxylic acids is 2. The van der Waals surface area contributed by atoms with Crippen LogP contribution in [0.5, 0.6) is 0 Å². The summed E-state index contributed by atoms with van der Waals surface area (Å²) < 4.78 is 5.34. The number of nitrogens with zero attached hydrogens (tertiary/aromatic N) is 1. The number of carboxylic acid groups (broad SMARTS) is 1. The average molecular weight is 338 g/mol. The zero-order chi connectivity index (χ0) is 16.8. The molecule has 0 aliphatic carbocycles. The number of nitrogens with one attached hydrogen (secondary N) is 1. The third-order valence-corrected chi connectivity index (χ3v) is 5.89. The van der Waals surface area contributed by atoms with Gasteiger partial charge in [0.1, 0.15) is 23.1 Å². The normalized spacial score (nSPS) is 26.4. The topological polar surface area (TPSA) is 99.9 Å². The number of fused-ring (bicyclic) bond motifs is 1. The summed E-state index contributed by atoms with van der Waals surface area (Å²) in [6.07, 6.45) is 1.24. The second-order valence-corrected chi connectivity index (χ2v) is 7.47. The Kier molecular flexibility index (Phi) is 3.87. The molecule has 0 bridgehead atoms. The fourth-order valence-corrected chi connectivity index (χ4v) is 4.58. The number of aryl methyl sites for hydroxylation is 1. The van der Waals surface area contributed by atoms with Crippen molar-refractivity contribution in [1.82, 2.24) is 10.2 Å². The van der Waals surface area contributed by atoms with E-state index in [4.69, 9.17) is 9.52 Å². The number of thioether (sulfide) groups is 1. The highest BCUT2D eigenvalue weighted by Gasteiger charge is 2.52. The molecule has 2 aliphatic rings. The molecule has 124 valence electrons. The molecular formula is C15H18N2O5S. The molecule has 0 unspecified atom stereocenters. The van der Waals surface area contributed by atoms with E-state index in [1.165, 1.54) is 6.07 Å². The Morgan fingerprint density at radius 2 is 2.30 bits per heavy atom. The second-order valence-electron chi connectivity index (χ2n) is 5.97. The van der Waals surface area contributed by atoms with Crippen molar-refractivity contribution in [3.8, 4) is 0 Å². The van der Waals surface area contributed by atoms with Gasteiger partial charge in [-0.1, -0.05) is 0 Å². The summed E-state index contributed by atoms with van der Waals surface area (Å²) in [5.41, 5.74) is 0.0907. The molecule has 2 aliphatic heterocycles. The molecule has 23 heavy (non-hydrogen) atoms. The Bertz CT molecular complexity index is 685. The van der Waals surface area contributed by atoms with Crippen LogP contribution in [-0.2, 0) is 16.1 Å². The summed E-state index contributed by atoms with van der Waals surface area (Å²) in [7, 11) is 0. The van der Waals surface area contributed by atoms with E-state index in [2.05, 4.69) is 5.32 Å². The first-order valence-corrected chi connectivity index (χ1v) is 8.37. The first-order chi connectivity index (χ1) is 10.8. The Labute approximate surface area is 137 Å². The van der Waals surface area contributed by atoms with Crippen molar-refractivity contribution < 1.29 is 23.9 Å². The van der Waals surface area contributed by atoms with Gasteiger partial charge in [-0.2, -0.15) is 0 Å². The maximum Gasteiger partial charge on any atom is 0.339 e. The van der Waals surface area contributed by atoms with Crippen molar-refractivity contribution >= 4 is 29.5 Å². The number of hydrogen-bond acceptors (Lipinski definition) is 5. The molecule has 1 aromatic heterocycles. The minimum absolute atomic E-state index is 0.0136. The third-order valence-electron chi connectivity index (χ3n) is 4.38. The van der Waals surface area contributed by atoms with Crippen molar-refractivity contribution in [3.05, 3.63) is 23.2 Å². The van der Waals surface area contributed by atoms with E-state index < -0.39 is 12.0 Å². The molecule has 2 atom stereocenters. The van der Waals surface area contributed by atoms with Crippen molar-refractivity contribution in [1.29, 1.82) is 0 Å². The monoisotopic (exact) mass is 338 g/mol. The van der Waals surface area contributed by atoms with Gasteiger partial charge in [0.2, 0.25) is 11.8 Å². The summed E-state index contributed by atoms with van der Waals surface area (Å²) >= 11 is 1.63. The molecule has 2 saturated heterocycles. The van der Waals surface area contributed by atoms with Crippen molar-refractivity contribution in [2.45, 2.75) is 44.1 Å². The maximum absolute atomic E-state index is 12.4. The Morgan fingerprint density at radius 3 is 2.96 bits per heavy atom. The lowest BCUT2D eigenvalue weighted by Gasteiger charge is -2.29. The molecule has 2 fully saturated rings. The number of amides is 2. The molecule has 0 spiro atoms. The molecule has 0 saturated carbocycles. The molecule has 1 aromatic rings. The van der Waals surface area contributed by atoms with E-state index in [0.717, 1.165) is 6.42 Å². The molecule has 2 amide bonds. The van der Waals surface area contributed by atoms with E-state index in [1.54, 1.807) is 23.6 Å². The van der Waals surface area contributed by atoms with Crippen LogP contribution in [0.1, 0.15) is 41.6 Å². The Morgan fingerprint density at radius 1 is 1.57 bits per heavy atom. The van der Waals surface area contributed by atoms with E-state index >= 15 is 0 Å². The van der Waals surface area contributed by atoms with Gasteiger partial charge in [-0.05, 0) is 26.3 Å². The number of furan rings is 1. The Hall–Kier alpha value is -1.96. The molecule has 2 N–H and O–H groups in total. The largest absolute Gasteiger partial charge is 0.478 e. The van der Waals surface area contributed by atoms with Crippen LogP contribution in [0.25, 0.3) is 0 Å². The van der Waals surface area contributed by atoms with Gasteiger partial charge in [0.15, 0.2) is 0 Å². The van der Waals surface area contributed by atoms with Crippen LogP contribution in [0.3, 0.4) is 0 Å². The SMILES string of the molecule is Cc1oc(CNC(=O)[C@@H]2CS[C@]3(C)CCC(=O)N23)cc1C(=O)O. The average Bonchev–Trinajstić information content (AvgIpc) is 3.11.